The van der Waals surface area contributed by atoms with Crippen molar-refractivity contribution in [1.29, 1.82) is 0 Å². The number of rotatable bonds is 5. The Balaban J connectivity index is 2.86. The zero-order valence-corrected chi connectivity index (χ0v) is 9.81. The predicted molar refractivity (Wildman–Crippen MR) is 61.9 cm³/mol. The van der Waals surface area contributed by atoms with Crippen LogP contribution in [0.4, 0.5) is 4.39 Å². The van der Waals surface area contributed by atoms with Crippen LogP contribution in [0.3, 0.4) is 0 Å². The van der Waals surface area contributed by atoms with Gasteiger partial charge in [-0.15, -0.1) is 0 Å². The normalized spacial score (nSPS) is 11.9. The summed E-state index contributed by atoms with van der Waals surface area (Å²) >= 11 is 0. The summed E-state index contributed by atoms with van der Waals surface area (Å²) in [5.41, 5.74) is -0.280. The molecule has 0 radical (unpaired) electrons. The van der Waals surface area contributed by atoms with E-state index in [-0.39, 0.29) is 12.0 Å². The van der Waals surface area contributed by atoms with Crippen molar-refractivity contribution in [1.82, 2.24) is 5.32 Å². The number of benzene rings is 1. The van der Waals surface area contributed by atoms with Crippen molar-refractivity contribution < 1.29 is 24.2 Å². The topological polar surface area (TPSA) is 86.6 Å². The first-order valence-corrected chi connectivity index (χ1v) is 5.48. The third-order valence-electron chi connectivity index (χ3n) is 2.38. The number of aromatic hydroxyl groups is 1. The summed E-state index contributed by atoms with van der Waals surface area (Å²) in [7, 11) is 0. The maximum absolute atomic E-state index is 12.9. The highest BCUT2D eigenvalue weighted by molar-refractivity contribution is 5.98. The molecule has 0 aliphatic heterocycles. The van der Waals surface area contributed by atoms with Gasteiger partial charge in [0.2, 0.25) is 0 Å². The van der Waals surface area contributed by atoms with E-state index >= 15 is 0 Å². The first kappa shape index (κ1) is 14.0. The van der Waals surface area contributed by atoms with Crippen LogP contribution < -0.4 is 5.32 Å². The molecule has 0 heterocycles. The van der Waals surface area contributed by atoms with Crippen LogP contribution in [0.1, 0.15) is 30.1 Å². The molecule has 0 saturated heterocycles. The molecule has 0 aromatic heterocycles. The van der Waals surface area contributed by atoms with Crippen molar-refractivity contribution in [2.75, 3.05) is 0 Å². The van der Waals surface area contributed by atoms with Crippen LogP contribution in [0, 0.1) is 5.82 Å². The van der Waals surface area contributed by atoms with Crippen molar-refractivity contribution in [3.8, 4) is 5.75 Å². The van der Waals surface area contributed by atoms with Crippen LogP contribution >= 0.6 is 0 Å². The second-order valence-corrected chi connectivity index (χ2v) is 3.81. The summed E-state index contributed by atoms with van der Waals surface area (Å²) in [5.74, 6) is -3.05. The van der Waals surface area contributed by atoms with Gasteiger partial charge >= 0.3 is 5.97 Å². The molecule has 3 N–H and O–H groups in total. The number of phenolic OH excluding ortho intramolecular Hbond substituents is 1. The Morgan fingerprint density at radius 2 is 2.11 bits per heavy atom. The van der Waals surface area contributed by atoms with Gasteiger partial charge in [0.1, 0.15) is 17.6 Å². The third kappa shape index (κ3) is 3.44. The van der Waals surface area contributed by atoms with Gasteiger partial charge in [-0.25, -0.2) is 9.18 Å². The lowest BCUT2D eigenvalue weighted by molar-refractivity contribution is -0.139. The molecule has 5 nitrogen and oxygen atoms in total. The SMILES string of the molecule is CCCC(NC(=O)c1cc(F)ccc1O)C(=O)O. The fraction of sp³-hybridized carbons (Fsp3) is 0.333. The van der Waals surface area contributed by atoms with Gasteiger partial charge in [0, 0.05) is 0 Å². The van der Waals surface area contributed by atoms with E-state index in [0.717, 1.165) is 18.2 Å². The Morgan fingerprint density at radius 1 is 1.44 bits per heavy atom. The monoisotopic (exact) mass is 255 g/mol. The van der Waals surface area contributed by atoms with Gasteiger partial charge in [-0.1, -0.05) is 13.3 Å². The molecular weight excluding hydrogens is 241 g/mol. The van der Waals surface area contributed by atoms with Crippen LogP contribution in [0.5, 0.6) is 5.75 Å². The molecule has 0 aliphatic carbocycles. The Labute approximate surface area is 103 Å². The Kier molecular flexibility index (Phi) is 4.65. The Bertz CT molecular complexity index is 461. The van der Waals surface area contributed by atoms with E-state index in [1.54, 1.807) is 6.92 Å². The zero-order valence-electron chi connectivity index (χ0n) is 9.81. The van der Waals surface area contributed by atoms with Crippen LogP contribution in [-0.2, 0) is 4.79 Å². The number of carboxylic acid groups (broad SMARTS) is 1. The third-order valence-corrected chi connectivity index (χ3v) is 2.38. The Hall–Kier alpha value is -2.11. The second kappa shape index (κ2) is 6.00. The summed E-state index contributed by atoms with van der Waals surface area (Å²) in [4.78, 5) is 22.6. The van der Waals surface area contributed by atoms with Crippen molar-refractivity contribution in [3.05, 3.63) is 29.6 Å². The number of hydrogen-bond donors (Lipinski definition) is 3. The minimum absolute atomic E-state index is 0.261. The number of aliphatic carboxylic acids is 1. The van der Waals surface area contributed by atoms with Gasteiger partial charge in [0.05, 0.1) is 5.56 Å². The molecule has 0 fully saturated rings. The van der Waals surface area contributed by atoms with E-state index in [1.165, 1.54) is 0 Å². The average Bonchev–Trinajstić information content (AvgIpc) is 2.31. The molecule has 0 aliphatic rings. The van der Waals surface area contributed by atoms with E-state index in [4.69, 9.17) is 5.11 Å². The quantitative estimate of drug-likeness (QED) is 0.744. The predicted octanol–water partition coefficient (Wildman–Crippen LogP) is 1.51. The van der Waals surface area contributed by atoms with E-state index in [0.29, 0.717) is 6.42 Å². The van der Waals surface area contributed by atoms with Crippen LogP contribution in [0.25, 0.3) is 0 Å². The molecule has 0 spiro atoms. The highest BCUT2D eigenvalue weighted by Crippen LogP contribution is 2.17. The number of carbonyl (C=O) groups is 2. The largest absolute Gasteiger partial charge is 0.507 e. The molecular formula is C12H14FNO4. The average molecular weight is 255 g/mol. The molecule has 1 unspecified atom stereocenters. The minimum Gasteiger partial charge on any atom is -0.507 e. The molecule has 1 aromatic carbocycles. The number of hydrogen-bond acceptors (Lipinski definition) is 3. The highest BCUT2D eigenvalue weighted by Gasteiger charge is 2.21. The van der Waals surface area contributed by atoms with E-state index in [2.05, 4.69) is 5.32 Å². The van der Waals surface area contributed by atoms with Gasteiger partial charge in [-0.2, -0.15) is 0 Å². The Morgan fingerprint density at radius 3 is 2.67 bits per heavy atom. The molecule has 0 saturated carbocycles. The van der Waals surface area contributed by atoms with Crippen molar-refractivity contribution >= 4 is 11.9 Å². The number of amides is 1. The van der Waals surface area contributed by atoms with E-state index in [1.807, 2.05) is 0 Å². The van der Waals surface area contributed by atoms with Gasteiger partial charge in [0.25, 0.3) is 5.91 Å². The lowest BCUT2D eigenvalue weighted by Crippen LogP contribution is -2.40. The number of phenols is 1. The zero-order chi connectivity index (χ0) is 13.7. The fourth-order valence-corrected chi connectivity index (χ4v) is 1.47. The fourth-order valence-electron chi connectivity index (χ4n) is 1.47. The van der Waals surface area contributed by atoms with E-state index < -0.39 is 29.5 Å². The van der Waals surface area contributed by atoms with Crippen LogP contribution in [0.15, 0.2) is 18.2 Å². The van der Waals surface area contributed by atoms with E-state index in [9.17, 15) is 19.1 Å². The molecule has 18 heavy (non-hydrogen) atoms. The standard InChI is InChI=1S/C12H14FNO4/c1-2-3-9(12(17)18)14-11(16)8-6-7(13)4-5-10(8)15/h4-6,9,15H,2-3H2,1H3,(H,14,16)(H,17,18). The molecule has 1 aromatic rings. The van der Waals surface area contributed by atoms with Crippen molar-refractivity contribution in [2.45, 2.75) is 25.8 Å². The highest BCUT2D eigenvalue weighted by atomic mass is 19.1. The van der Waals surface area contributed by atoms with Crippen LogP contribution in [0.2, 0.25) is 0 Å². The summed E-state index contributed by atoms with van der Waals surface area (Å²) in [6.45, 7) is 1.78. The maximum Gasteiger partial charge on any atom is 0.326 e. The van der Waals surface area contributed by atoms with Crippen LogP contribution in [-0.4, -0.2) is 28.1 Å². The van der Waals surface area contributed by atoms with Gasteiger partial charge in [-0.3, -0.25) is 4.79 Å². The molecule has 1 rings (SSSR count). The molecule has 1 atom stereocenters. The smallest absolute Gasteiger partial charge is 0.326 e. The number of carbonyl (C=O) groups excluding carboxylic acids is 1. The summed E-state index contributed by atoms with van der Waals surface area (Å²) in [6, 6.07) is 1.85. The summed E-state index contributed by atoms with van der Waals surface area (Å²) < 4.78 is 12.9. The summed E-state index contributed by atoms with van der Waals surface area (Å²) in [6.07, 6.45) is 0.837. The molecule has 0 bridgehead atoms. The first-order valence-electron chi connectivity index (χ1n) is 5.48. The lowest BCUT2D eigenvalue weighted by Gasteiger charge is -2.14. The van der Waals surface area contributed by atoms with Gasteiger partial charge in [-0.05, 0) is 24.6 Å². The first-order chi connectivity index (χ1) is 8.45. The number of halogens is 1. The molecule has 6 heteroatoms. The van der Waals surface area contributed by atoms with Gasteiger partial charge < -0.3 is 15.5 Å². The number of carboxylic acids is 1. The maximum atomic E-state index is 12.9. The second-order valence-electron chi connectivity index (χ2n) is 3.81. The summed E-state index contributed by atoms with van der Waals surface area (Å²) in [5, 5.41) is 20.5. The van der Waals surface area contributed by atoms with Crippen molar-refractivity contribution in [2.24, 2.45) is 0 Å². The lowest BCUT2D eigenvalue weighted by atomic mass is 10.1. The van der Waals surface area contributed by atoms with Gasteiger partial charge in [0.15, 0.2) is 0 Å². The molecule has 98 valence electrons. The van der Waals surface area contributed by atoms with Crippen molar-refractivity contribution in [3.63, 3.8) is 0 Å². The minimum atomic E-state index is -1.17. The number of nitrogens with one attached hydrogen (secondary N) is 1. The molecule has 1 amide bonds.